The first kappa shape index (κ1) is 18.7. The number of carboxylic acid groups (broad SMARTS) is 1. The van der Waals surface area contributed by atoms with Crippen LogP contribution in [0.5, 0.6) is 0 Å². The molecular weight excluding hydrogens is 382 g/mol. The number of fused-ring (bicyclic) bond motifs is 3. The van der Waals surface area contributed by atoms with Crippen molar-refractivity contribution in [3.05, 3.63) is 40.3 Å². The number of aromatic carboxylic acids is 1. The van der Waals surface area contributed by atoms with Crippen molar-refractivity contribution in [3.8, 4) is 0 Å². The van der Waals surface area contributed by atoms with Crippen molar-refractivity contribution in [2.75, 3.05) is 14.1 Å². The molecule has 0 bridgehead atoms. The maximum Gasteiger partial charge on any atom is 0.337 e. The SMILES string of the molecule is CN(C)C1CCC(S(=O)(=O)c2ccc3[nH]c(=O)c4[nH]cc(C(=O)O)c4c3c2)C1. The van der Waals surface area contributed by atoms with E-state index in [2.05, 4.69) is 9.97 Å². The molecule has 148 valence electrons. The zero-order chi connectivity index (χ0) is 20.2. The number of rotatable bonds is 4. The highest BCUT2D eigenvalue weighted by molar-refractivity contribution is 7.92. The summed E-state index contributed by atoms with van der Waals surface area (Å²) >= 11 is 0. The molecular formula is C19H21N3O5S. The van der Waals surface area contributed by atoms with E-state index in [1.165, 1.54) is 24.4 Å². The van der Waals surface area contributed by atoms with E-state index in [-0.39, 0.29) is 27.4 Å². The molecule has 1 aliphatic carbocycles. The Bertz CT molecular complexity index is 1260. The maximum absolute atomic E-state index is 13.2. The Hall–Kier alpha value is -2.65. The summed E-state index contributed by atoms with van der Waals surface area (Å²) in [7, 11) is 0.325. The van der Waals surface area contributed by atoms with Crippen LogP contribution in [0.1, 0.15) is 29.6 Å². The van der Waals surface area contributed by atoms with Crippen molar-refractivity contribution < 1.29 is 18.3 Å². The molecule has 1 aromatic carbocycles. The molecule has 0 amide bonds. The fraction of sp³-hybridized carbons (Fsp3) is 0.368. The van der Waals surface area contributed by atoms with Gasteiger partial charge in [0.25, 0.3) is 5.56 Å². The molecule has 0 aliphatic heterocycles. The number of sulfone groups is 1. The average Bonchev–Trinajstić information content (AvgIpc) is 3.29. The fourth-order valence-corrected chi connectivity index (χ4v) is 5.96. The van der Waals surface area contributed by atoms with Crippen LogP contribution in [0.3, 0.4) is 0 Å². The van der Waals surface area contributed by atoms with Gasteiger partial charge in [-0.3, -0.25) is 4.79 Å². The van der Waals surface area contributed by atoms with Gasteiger partial charge in [-0.1, -0.05) is 0 Å². The standard InChI is InChI=1S/C19H21N3O5S/c1-22(2)10-3-4-11(7-10)28(26,27)12-5-6-15-13(8-12)16-14(19(24)25)9-20-17(16)18(23)21-15/h5-6,8-11,20H,3-4,7H2,1-2H3,(H,21,23)(H,24,25). The van der Waals surface area contributed by atoms with Gasteiger partial charge in [0.05, 0.1) is 15.7 Å². The van der Waals surface area contributed by atoms with E-state index < -0.39 is 26.6 Å². The van der Waals surface area contributed by atoms with E-state index in [0.717, 1.165) is 6.42 Å². The summed E-state index contributed by atoms with van der Waals surface area (Å²) in [6.45, 7) is 0. The van der Waals surface area contributed by atoms with E-state index in [1.807, 2.05) is 19.0 Å². The molecule has 1 aliphatic rings. The lowest BCUT2D eigenvalue weighted by Crippen LogP contribution is -2.27. The van der Waals surface area contributed by atoms with Crippen LogP contribution in [-0.2, 0) is 9.84 Å². The number of benzene rings is 1. The van der Waals surface area contributed by atoms with E-state index in [1.54, 1.807) is 0 Å². The van der Waals surface area contributed by atoms with Crippen molar-refractivity contribution >= 4 is 37.6 Å². The maximum atomic E-state index is 13.2. The summed E-state index contributed by atoms with van der Waals surface area (Å²) in [5.41, 5.74) is 0.00790. The number of carbonyl (C=O) groups is 1. The summed E-state index contributed by atoms with van der Waals surface area (Å²) in [6, 6.07) is 4.72. The number of H-pyrrole nitrogens is 2. The zero-order valence-corrected chi connectivity index (χ0v) is 16.3. The minimum absolute atomic E-state index is 0.0609. The Morgan fingerprint density at radius 2 is 2.00 bits per heavy atom. The van der Waals surface area contributed by atoms with E-state index in [4.69, 9.17) is 0 Å². The molecule has 2 heterocycles. The third kappa shape index (κ3) is 2.82. The van der Waals surface area contributed by atoms with Crippen molar-refractivity contribution in [1.82, 2.24) is 14.9 Å². The normalized spacial score (nSPS) is 20.4. The molecule has 1 saturated carbocycles. The van der Waals surface area contributed by atoms with Crippen molar-refractivity contribution in [3.63, 3.8) is 0 Å². The van der Waals surface area contributed by atoms with E-state index in [9.17, 15) is 23.1 Å². The number of aromatic amines is 2. The minimum atomic E-state index is -3.57. The highest BCUT2D eigenvalue weighted by Gasteiger charge is 2.36. The first-order valence-corrected chi connectivity index (χ1v) is 10.6. The second kappa shape index (κ2) is 6.46. The number of hydrogen-bond acceptors (Lipinski definition) is 5. The zero-order valence-electron chi connectivity index (χ0n) is 15.5. The first-order chi connectivity index (χ1) is 13.2. The topological polar surface area (TPSA) is 123 Å². The van der Waals surface area contributed by atoms with Crippen molar-refractivity contribution in [2.24, 2.45) is 0 Å². The van der Waals surface area contributed by atoms with Crippen molar-refractivity contribution in [2.45, 2.75) is 35.4 Å². The van der Waals surface area contributed by atoms with E-state index >= 15 is 0 Å². The number of nitrogens with zero attached hydrogens (tertiary/aromatic N) is 1. The third-order valence-corrected chi connectivity index (χ3v) is 7.92. The quantitative estimate of drug-likeness (QED) is 0.612. The summed E-state index contributed by atoms with van der Waals surface area (Å²) in [4.78, 5) is 31.3. The number of hydrogen-bond donors (Lipinski definition) is 3. The van der Waals surface area contributed by atoms with Crippen LogP contribution in [0.25, 0.3) is 21.8 Å². The van der Waals surface area contributed by atoms with Gasteiger partial charge >= 0.3 is 5.97 Å². The predicted octanol–water partition coefficient (Wildman–Crippen LogP) is 1.96. The molecule has 0 spiro atoms. The highest BCUT2D eigenvalue weighted by Crippen LogP contribution is 2.34. The highest BCUT2D eigenvalue weighted by atomic mass is 32.2. The molecule has 2 unspecified atom stereocenters. The second-order valence-corrected chi connectivity index (χ2v) is 9.74. The largest absolute Gasteiger partial charge is 0.478 e. The van der Waals surface area contributed by atoms with Gasteiger partial charge < -0.3 is 20.0 Å². The minimum Gasteiger partial charge on any atom is -0.478 e. The van der Waals surface area contributed by atoms with Gasteiger partial charge in [-0.25, -0.2) is 13.2 Å². The Morgan fingerprint density at radius 1 is 1.25 bits per heavy atom. The Labute approximate surface area is 161 Å². The second-order valence-electron chi connectivity index (χ2n) is 7.52. The van der Waals surface area contributed by atoms with Crippen LogP contribution in [0.4, 0.5) is 0 Å². The van der Waals surface area contributed by atoms with Crippen LogP contribution in [0.2, 0.25) is 0 Å². The van der Waals surface area contributed by atoms with Crippen LogP contribution in [0, 0.1) is 0 Å². The molecule has 3 aromatic rings. The summed E-state index contributed by atoms with van der Waals surface area (Å²) in [5.74, 6) is -1.18. The smallest absolute Gasteiger partial charge is 0.337 e. The summed E-state index contributed by atoms with van der Waals surface area (Å²) in [5, 5.41) is 9.60. The molecule has 3 N–H and O–H groups in total. The monoisotopic (exact) mass is 403 g/mol. The van der Waals surface area contributed by atoms with Crippen molar-refractivity contribution in [1.29, 1.82) is 0 Å². The Balaban J connectivity index is 1.89. The van der Waals surface area contributed by atoms with Gasteiger partial charge in [0.15, 0.2) is 9.84 Å². The summed E-state index contributed by atoms with van der Waals surface area (Å²) in [6.07, 6.45) is 3.23. The lowest BCUT2D eigenvalue weighted by Gasteiger charge is -2.19. The van der Waals surface area contributed by atoms with Gasteiger partial charge in [-0.15, -0.1) is 0 Å². The van der Waals surface area contributed by atoms with Gasteiger partial charge in [0.1, 0.15) is 5.52 Å². The van der Waals surface area contributed by atoms with Gasteiger partial charge in [-0.2, -0.15) is 0 Å². The van der Waals surface area contributed by atoms with Gasteiger partial charge in [0.2, 0.25) is 0 Å². The summed E-state index contributed by atoms with van der Waals surface area (Å²) < 4.78 is 26.4. The Morgan fingerprint density at radius 3 is 2.64 bits per heavy atom. The lowest BCUT2D eigenvalue weighted by atomic mass is 10.1. The molecule has 8 nitrogen and oxygen atoms in total. The predicted molar refractivity (Wildman–Crippen MR) is 106 cm³/mol. The molecule has 0 radical (unpaired) electrons. The third-order valence-electron chi connectivity index (χ3n) is 5.70. The number of aromatic nitrogens is 2. The van der Waals surface area contributed by atoms with Crippen LogP contribution >= 0.6 is 0 Å². The number of nitrogens with one attached hydrogen (secondary N) is 2. The molecule has 28 heavy (non-hydrogen) atoms. The van der Waals surface area contributed by atoms with Gasteiger partial charge in [0, 0.05) is 28.5 Å². The number of pyridine rings is 1. The molecule has 0 saturated heterocycles. The lowest BCUT2D eigenvalue weighted by molar-refractivity contribution is 0.0699. The molecule has 2 aromatic heterocycles. The fourth-order valence-electron chi connectivity index (χ4n) is 4.11. The molecule has 2 atom stereocenters. The first-order valence-electron chi connectivity index (χ1n) is 9.01. The molecule has 1 fully saturated rings. The van der Waals surface area contributed by atoms with Crippen LogP contribution in [-0.4, -0.2) is 59.7 Å². The van der Waals surface area contributed by atoms with Crippen LogP contribution in [0.15, 0.2) is 34.1 Å². The van der Waals surface area contributed by atoms with E-state index in [0.29, 0.717) is 23.7 Å². The Kier molecular flexibility index (Phi) is 4.31. The molecule has 4 rings (SSSR count). The van der Waals surface area contributed by atoms with Crippen LogP contribution < -0.4 is 5.56 Å². The number of carboxylic acids is 1. The average molecular weight is 403 g/mol. The molecule has 9 heteroatoms. The van der Waals surface area contributed by atoms with Gasteiger partial charge in [-0.05, 0) is 51.6 Å².